The lowest BCUT2D eigenvalue weighted by Crippen LogP contribution is -2.42. The highest BCUT2D eigenvalue weighted by Gasteiger charge is 2.22. The highest BCUT2D eigenvalue weighted by atomic mass is 16.4. The number of carbonyl (C=O) groups excluding carboxylic acids is 1. The molecule has 140 valence electrons. The number of rotatable bonds is 9. The Morgan fingerprint density at radius 2 is 1.81 bits per heavy atom. The number of aliphatic carboxylic acids is 1. The molecule has 0 fully saturated rings. The number of benzene rings is 1. The van der Waals surface area contributed by atoms with Crippen molar-refractivity contribution in [1.29, 1.82) is 5.26 Å². The fourth-order valence-electron chi connectivity index (χ4n) is 2.65. The molecular formula is C20H27N3O3. The van der Waals surface area contributed by atoms with Crippen molar-refractivity contribution in [1.82, 2.24) is 5.32 Å². The van der Waals surface area contributed by atoms with Gasteiger partial charge in [0.15, 0.2) is 0 Å². The number of nitrogens with one attached hydrogen (secondary N) is 2. The van der Waals surface area contributed by atoms with Crippen molar-refractivity contribution in [3.05, 3.63) is 41.1 Å². The van der Waals surface area contributed by atoms with E-state index in [4.69, 9.17) is 0 Å². The van der Waals surface area contributed by atoms with Crippen LogP contribution in [0, 0.1) is 17.2 Å². The number of nitriles is 1. The Labute approximate surface area is 154 Å². The van der Waals surface area contributed by atoms with Crippen LogP contribution in [0.25, 0.3) is 0 Å². The van der Waals surface area contributed by atoms with Crippen molar-refractivity contribution in [2.24, 2.45) is 5.92 Å². The van der Waals surface area contributed by atoms with Gasteiger partial charge in [0.05, 0.1) is 0 Å². The summed E-state index contributed by atoms with van der Waals surface area (Å²) in [6.07, 6.45) is 3.27. The lowest BCUT2D eigenvalue weighted by molar-refractivity contribution is -0.141. The van der Waals surface area contributed by atoms with Crippen LogP contribution in [0.1, 0.15) is 45.2 Å². The highest BCUT2D eigenvalue weighted by Crippen LogP contribution is 2.22. The maximum absolute atomic E-state index is 12.3. The zero-order valence-electron chi connectivity index (χ0n) is 15.8. The van der Waals surface area contributed by atoms with E-state index < -0.39 is 17.9 Å². The summed E-state index contributed by atoms with van der Waals surface area (Å²) in [5, 5.41) is 24.0. The Hall–Kier alpha value is -2.81. The maximum atomic E-state index is 12.3. The lowest BCUT2D eigenvalue weighted by atomic mass is 10.0. The summed E-state index contributed by atoms with van der Waals surface area (Å²) in [6, 6.07) is 6.78. The monoisotopic (exact) mass is 357 g/mol. The van der Waals surface area contributed by atoms with E-state index in [0.717, 1.165) is 29.7 Å². The van der Waals surface area contributed by atoms with Crippen molar-refractivity contribution in [3.63, 3.8) is 0 Å². The SMILES string of the molecule is CCc1cccc(CC)c1N/C=C(/C#N)C(=O)NC(CC(C)C)C(=O)O. The van der Waals surface area contributed by atoms with E-state index in [9.17, 15) is 20.0 Å². The summed E-state index contributed by atoms with van der Waals surface area (Å²) in [7, 11) is 0. The summed E-state index contributed by atoms with van der Waals surface area (Å²) in [6.45, 7) is 7.81. The minimum Gasteiger partial charge on any atom is -0.480 e. The van der Waals surface area contributed by atoms with E-state index in [1.807, 2.05) is 52.0 Å². The average molecular weight is 357 g/mol. The van der Waals surface area contributed by atoms with Crippen LogP contribution in [-0.4, -0.2) is 23.0 Å². The van der Waals surface area contributed by atoms with Gasteiger partial charge in [-0.3, -0.25) is 4.79 Å². The van der Waals surface area contributed by atoms with E-state index >= 15 is 0 Å². The van der Waals surface area contributed by atoms with Gasteiger partial charge in [-0.2, -0.15) is 5.26 Å². The number of hydrogen-bond donors (Lipinski definition) is 3. The summed E-state index contributed by atoms with van der Waals surface area (Å²) < 4.78 is 0. The number of carboxylic acid groups (broad SMARTS) is 1. The van der Waals surface area contributed by atoms with Crippen molar-refractivity contribution >= 4 is 17.6 Å². The van der Waals surface area contributed by atoms with Gasteiger partial charge in [0.1, 0.15) is 17.7 Å². The topological polar surface area (TPSA) is 102 Å². The van der Waals surface area contributed by atoms with Crippen molar-refractivity contribution in [2.45, 2.75) is 53.0 Å². The minimum absolute atomic E-state index is 0.104. The third-order valence-electron chi connectivity index (χ3n) is 4.04. The zero-order valence-corrected chi connectivity index (χ0v) is 15.8. The first-order valence-corrected chi connectivity index (χ1v) is 8.85. The number of anilines is 1. The molecule has 0 heterocycles. The number of aryl methyl sites for hydroxylation is 2. The lowest BCUT2D eigenvalue weighted by Gasteiger charge is -2.16. The van der Waals surface area contributed by atoms with Crippen LogP contribution in [0.4, 0.5) is 5.69 Å². The molecule has 3 N–H and O–H groups in total. The van der Waals surface area contributed by atoms with Crippen LogP contribution in [0.3, 0.4) is 0 Å². The molecular weight excluding hydrogens is 330 g/mol. The van der Waals surface area contributed by atoms with Crippen LogP contribution in [0.5, 0.6) is 0 Å². The van der Waals surface area contributed by atoms with E-state index in [1.54, 1.807) is 0 Å². The van der Waals surface area contributed by atoms with Gasteiger partial charge in [0, 0.05) is 11.9 Å². The first kappa shape index (κ1) is 21.2. The Bertz CT molecular complexity index is 695. The summed E-state index contributed by atoms with van der Waals surface area (Å²) >= 11 is 0. The second-order valence-electron chi connectivity index (χ2n) is 6.47. The standard InChI is InChI=1S/C20H27N3O3/c1-5-14-8-7-9-15(6-2)18(14)22-12-16(11-21)19(24)23-17(20(25)26)10-13(3)4/h7-9,12-13,17,22H,5-6,10H2,1-4H3,(H,23,24)(H,25,26)/b16-12-. The third kappa shape index (κ3) is 5.92. The molecule has 0 saturated carbocycles. The molecule has 1 aromatic rings. The molecule has 0 saturated heterocycles. The van der Waals surface area contributed by atoms with Crippen molar-refractivity contribution in [3.8, 4) is 6.07 Å². The first-order valence-electron chi connectivity index (χ1n) is 8.85. The molecule has 1 atom stereocenters. The van der Waals surface area contributed by atoms with E-state index in [0.29, 0.717) is 6.42 Å². The van der Waals surface area contributed by atoms with Crippen LogP contribution < -0.4 is 10.6 Å². The Morgan fingerprint density at radius 3 is 2.23 bits per heavy atom. The van der Waals surface area contributed by atoms with Gasteiger partial charge in [-0.1, -0.05) is 45.9 Å². The second-order valence-corrected chi connectivity index (χ2v) is 6.47. The smallest absolute Gasteiger partial charge is 0.326 e. The van der Waals surface area contributed by atoms with Gasteiger partial charge in [0.25, 0.3) is 5.91 Å². The van der Waals surface area contributed by atoms with Crippen molar-refractivity contribution in [2.75, 3.05) is 5.32 Å². The molecule has 0 aliphatic carbocycles. The van der Waals surface area contributed by atoms with Crippen LogP contribution in [0.2, 0.25) is 0 Å². The number of nitrogens with zero attached hydrogens (tertiary/aromatic N) is 1. The molecule has 1 rings (SSSR count). The van der Waals surface area contributed by atoms with Gasteiger partial charge >= 0.3 is 5.97 Å². The fourth-order valence-corrected chi connectivity index (χ4v) is 2.65. The predicted molar refractivity (Wildman–Crippen MR) is 102 cm³/mol. The predicted octanol–water partition coefficient (Wildman–Crippen LogP) is 3.25. The molecule has 0 aliphatic rings. The fraction of sp³-hybridized carbons (Fsp3) is 0.450. The van der Waals surface area contributed by atoms with Gasteiger partial charge in [-0.25, -0.2) is 4.79 Å². The van der Waals surface area contributed by atoms with Crippen LogP contribution in [-0.2, 0) is 22.4 Å². The van der Waals surface area contributed by atoms with Gasteiger partial charge < -0.3 is 15.7 Å². The molecule has 0 aliphatic heterocycles. The minimum atomic E-state index is -1.11. The van der Waals surface area contributed by atoms with E-state index in [-0.39, 0.29) is 11.5 Å². The molecule has 1 aromatic carbocycles. The van der Waals surface area contributed by atoms with Crippen LogP contribution in [0.15, 0.2) is 30.0 Å². The zero-order chi connectivity index (χ0) is 19.7. The average Bonchev–Trinajstić information content (AvgIpc) is 2.60. The molecule has 1 amide bonds. The number of amides is 1. The summed E-state index contributed by atoms with van der Waals surface area (Å²) in [5.74, 6) is -1.70. The highest BCUT2D eigenvalue weighted by molar-refractivity contribution is 5.99. The second kappa shape index (κ2) is 10.2. The normalized spacial score (nSPS) is 12.4. The number of carboxylic acids is 1. The Morgan fingerprint density at radius 1 is 1.23 bits per heavy atom. The van der Waals surface area contributed by atoms with Crippen LogP contribution >= 0.6 is 0 Å². The Balaban J connectivity index is 3.00. The maximum Gasteiger partial charge on any atom is 0.326 e. The number of hydrogen-bond acceptors (Lipinski definition) is 4. The quantitative estimate of drug-likeness (QED) is 0.465. The number of carbonyl (C=O) groups is 2. The molecule has 0 spiro atoms. The van der Waals surface area contributed by atoms with Gasteiger partial charge in [0.2, 0.25) is 0 Å². The molecule has 0 radical (unpaired) electrons. The van der Waals surface area contributed by atoms with E-state index in [2.05, 4.69) is 10.6 Å². The summed E-state index contributed by atoms with van der Waals surface area (Å²) in [5.41, 5.74) is 2.89. The van der Waals surface area contributed by atoms with Gasteiger partial charge in [-0.05, 0) is 36.3 Å². The number of para-hydroxylation sites is 1. The van der Waals surface area contributed by atoms with E-state index in [1.165, 1.54) is 6.20 Å². The summed E-state index contributed by atoms with van der Waals surface area (Å²) in [4.78, 5) is 23.6. The van der Waals surface area contributed by atoms with Crippen molar-refractivity contribution < 1.29 is 14.7 Å². The molecule has 6 heteroatoms. The van der Waals surface area contributed by atoms with Gasteiger partial charge in [-0.15, -0.1) is 0 Å². The molecule has 1 unspecified atom stereocenters. The molecule has 0 aromatic heterocycles. The molecule has 6 nitrogen and oxygen atoms in total. The third-order valence-corrected chi connectivity index (χ3v) is 4.04. The molecule has 26 heavy (non-hydrogen) atoms. The first-order chi connectivity index (χ1) is 12.3. The Kier molecular flexibility index (Phi) is 8.36. The largest absolute Gasteiger partial charge is 0.480 e. The molecule has 0 bridgehead atoms.